The van der Waals surface area contributed by atoms with Gasteiger partial charge in [-0.15, -0.1) is 0 Å². The fourth-order valence-electron chi connectivity index (χ4n) is 2.60. The van der Waals surface area contributed by atoms with Gasteiger partial charge < -0.3 is 4.90 Å². The summed E-state index contributed by atoms with van der Waals surface area (Å²) < 4.78 is 0. The average molecular weight is 340 g/mol. The van der Waals surface area contributed by atoms with Crippen molar-refractivity contribution in [3.8, 4) is 0 Å². The molecule has 2 N–H and O–H groups in total. The summed E-state index contributed by atoms with van der Waals surface area (Å²) in [6.07, 6.45) is 15.7. The number of carbonyl (C=O) groups is 1. The molecule has 4 nitrogen and oxygen atoms in total. The van der Waals surface area contributed by atoms with Crippen LogP contribution in [0.3, 0.4) is 0 Å². The van der Waals surface area contributed by atoms with Crippen LogP contribution in [0.15, 0.2) is 12.2 Å². The molecule has 0 rings (SSSR count). The predicted octanol–water partition coefficient (Wildman–Crippen LogP) is 4.51. The van der Waals surface area contributed by atoms with E-state index in [2.05, 4.69) is 25.7 Å². The molecular weight excluding hydrogens is 298 g/mol. The molecule has 0 radical (unpaired) electrons. The maximum Gasteiger partial charge on any atom is 0.260 e. The van der Waals surface area contributed by atoms with E-state index < -0.39 is 0 Å². The molecule has 0 saturated carbocycles. The smallest absolute Gasteiger partial charge is 0.260 e. The molecule has 0 aromatic heterocycles. The lowest BCUT2D eigenvalue weighted by Crippen LogP contribution is -2.42. The second kappa shape index (κ2) is 17.0. The fourth-order valence-corrected chi connectivity index (χ4v) is 2.60. The molecule has 0 unspecified atom stereocenters. The topological polar surface area (TPSA) is 49.6 Å². The molecule has 0 atom stereocenters. The maximum absolute atomic E-state index is 12.0. The molecule has 0 spiro atoms. The van der Waals surface area contributed by atoms with E-state index in [1.54, 1.807) is 6.08 Å². The summed E-state index contributed by atoms with van der Waals surface area (Å²) in [5.41, 5.74) is 0. The molecular formula is C20H41N3O. The number of nitrogens with two attached hydrogens (primary N) is 1. The summed E-state index contributed by atoms with van der Waals surface area (Å²) in [4.78, 5) is 14.4. The van der Waals surface area contributed by atoms with Gasteiger partial charge in [-0.3, -0.25) is 9.80 Å². The van der Waals surface area contributed by atoms with Crippen molar-refractivity contribution in [3.05, 3.63) is 12.2 Å². The number of allylic oxidation sites excluding steroid dienone is 1. The zero-order valence-electron chi connectivity index (χ0n) is 16.4. The van der Waals surface area contributed by atoms with Crippen molar-refractivity contribution in [2.75, 3.05) is 26.2 Å². The Balaban J connectivity index is 3.95. The van der Waals surface area contributed by atoms with Gasteiger partial charge in [0.25, 0.3) is 5.91 Å². The predicted molar refractivity (Wildman–Crippen MR) is 105 cm³/mol. The van der Waals surface area contributed by atoms with Crippen molar-refractivity contribution in [3.63, 3.8) is 0 Å². The van der Waals surface area contributed by atoms with Crippen LogP contribution in [-0.2, 0) is 4.79 Å². The van der Waals surface area contributed by atoms with Gasteiger partial charge in [0.15, 0.2) is 0 Å². The minimum Gasteiger partial charge on any atom is -0.302 e. The van der Waals surface area contributed by atoms with Gasteiger partial charge in [0.05, 0.1) is 6.54 Å². The van der Waals surface area contributed by atoms with E-state index >= 15 is 0 Å². The van der Waals surface area contributed by atoms with Crippen molar-refractivity contribution in [1.29, 1.82) is 0 Å². The summed E-state index contributed by atoms with van der Waals surface area (Å²) in [7, 11) is 0. The normalized spacial score (nSPS) is 11.5. The Morgan fingerprint density at radius 2 is 1.38 bits per heavy atom. The van der Waals surface area contributed by atoms with Crippen LogP contribution >= 0.6 is 0 Å². The van der Waals surface area contributed by atoms with Gasteiger partial charge in [-0.2, -0.15) is 0 Å². The highest BCUT2D eigenvalue weighted by atomic mass is 16.2. The van der Waals surface area contributed by atoms with Crippen molar-refractivity contribution in [1.82, 2.24) is 9.91 Å². The highest BCUT2D eigenvalue weighted by Crippen LogP contribution is 2.05. The molecule has 0 saturated heterocycles. The Hall–Kier alpha value is -0.870. The van der Waals surface area contributed by atoms with Crippen LogP contribution in [0, 0.1) is 0 Å². The highest BCUT2D eigenvalue weighted by molar-refractivity contribution is 5.87. The standard InChI is InChI=1S/C20H41N3O/c1-4-7-10-11-12-13-14-15-20(24)23(21)19-18-22(16-8-5-2)17-9-6-3/h14-15H,4-13,16-19,21H2,1-3H3/b15-14+. The Morgan fingerprint density at radius 3 is 1.96 bits per heavy atom. The summed E-state index contributed by atoms with van der Waals surface area (Å²) in [6, 6.07) is 0. The van der Waals surface area contributed by atoms with Crippen LogP contribution in [0.5, 0.6) is 0 Å². The molecule has 142 valence electrons. The molecule has 0 aliphatic carbocycles. The lowest BCUT2D eigenvalue weighted by molar-refractivity contribution is -0.126. The highest BCUT2D eigenvalue weighted by Gasteiger charge is 2.09. The molecule has 4 heteroatoms. The van der Waals surface area contributed by atoms with Crippen molar-refractivity contribution in [2.45, 2.75) is 85.0 Å². The molecule has 24 heavy (non-hydrogen) atoms. The Kier molecular flexibility index (Phi) is 16.4. The summed E-state index contributed by atoms with van der Waals surface area (Å²) in [5, 5.41) is 1.36. The number of hydrogen-bond donors (Lipinski definition) is 1. The number of nitrogens with zero attached hydrogens (tertiary/aromatic N) is 2. The number of rotatable bonds is 16. The van der Waals surface area contributed by atoms with E-state index in [0.717, 1.165) is 32.5 Å². The molecule has 1 amide bonds. The molecule has 0 aromatic rings. The average Bonchev–Trinajstić information content (AvgIpc) is 2.59. The first-order valence-electron chi connectivity index (χ1n) is 10.1. The second-order valence-corrected chi connectivity index (χ2v) is 6.69. The Labute approximate surface area is 150 Å². The zero-order valence-corrected chi connectivity index (χ0v) is 16.4. The number of hydrazine groups is 1. The van der Waals surface area contributed by atoms with E-state index in [4.69, 9.17) is 5.84 Å². The van der Waals surface area contributed by atoms with Crippen LogP contribution in [0.25, 0.3) is 0 Å². The first-order chi connectivity index (χ1) is 11.7. The zero-order chi connectivity index (χ0) is 18.0. The summed E-state index contributed by atoms with van der Waals surface area (Å²) in [5.74, 6) is 5.83. The quantitative estimate of drug-likeness (QED) is 0.148. The number of unbranched alkanes of at least 4 members (excludes halogenated alkanes) is 7. The number of carbonyl (C=O) groups excluding carboxylic acids is 1. The number of hydrogen-bond acceptors (Lipinski definition) is 3. The molecule has 0 bridgehead atoms. The minimum atomic E-state index is -0.0745. The first-order valence-corrected chi connectivity index (χ1v) is 10.1. The summed E-state index contributed by atoms with van der Waals surface area (Å²) in [6.45, 7) is 10.3. The van der Waals surface area contributed by atoms with Crippen molar-refractivity contribution < 1.29 is 4.79 Å². The van der Waals surface area contributed by atoms with Crippen LogP contribution in [0.2, 0.25) is 0 Å². The van der Waals surface area contributed by atoms with Crippen molar-refractivity contribution >= 4 is 5.91 Å². The van der Waals surface area contributed by atoms with E-state index in [0.29, 0.717) is 6.54 Å². The van der Waals surface area contributed by atoms with Gasteiger partial charge >= 0.3 is 0 Å². The van der Waals surface area contributed by atoms with Gasteiger partial charge in [0.2, 0.25) is 0 Å². The fraction of sp³-hybridized carbons (Fsp3) is 0.850. The lowest BCUT2D eigenvalue weighted by atomic mass is 10.1. The minimum absolute atomic E-state index is 0.0745. The van der Waals surface area contributed by atoms with Gasteiger partial charge in [0, 0.05) is 12.6 Å². The lowest BCUT2D eigenvalue weighted by Gasteiger charge is -2.24. The van der Waals surface area contributed by atoms with Crippen LogP contribution in [0.4, 0.5) is 0 Å². The van der Waals surface area contributed by atoms with Gasteiger partial charge in [-0.25, -0.2) is 5.84 Å². The second-order valence-electron chi connectivity index (χ2n) is 6.69. The van der Waals surface area contributed by atoms with Crippen molar-refractivity contribution in [2.24, 2.45) is 5.84 Å². The van der Waals surface area contributed by atoms with E-state index in [9.17, 15) is 4.79 Å². The third-order valence-corrected chi connectivity index (χ3v) is 4.33. The maximum atomic E-state index is 12.0. The molecule has 0 aromatic carbocycles. The van der Waals surface area contributed by atoms with Gasteiger partial charge in [-0.05, 0) is 38.8 Å². The Morgan fingerprint density at radius 1 is 0.792 bits per heavy atom. The van der Waals surface area contributed by atoms with E-state index in [1.807, 2.05) is 6.08 Å². The van der Waals surface area contributed by atoms with Crippen LogP contribution in [0.1, 0.15) is 85.0 Å². The largest absolute Gasteiger partial charge is 0.302 e. The molecule has 0 heterocycles. The van der Waals surface area contributed by atoms with Crippen LogP contribution in [-0.4, -0.2) is 42.0 Å². The monoisotopic (exact) mass is 339 g/mol. The van der Waals surface area contributed by atoms with E-state index in [-0.39, 0.29) is 5.91 Å². The summed E-state index contributed by atoms with van der Waals surface area (Å²) >= 11 is 0. The Bertz CT molecular complexity index is 310. The first kappa shape index (κ1) is 23.1. The molecule has 0 fully saturated rings. The third kappa shape index (κ3) is 13.6. The SMILES string of the molecule is CCCCCCC/C=C/C(=O)N(N)CCN(CCCC)CCCC. The van der Waals surface area contributed by atoms with E-state index in [1.165, 1.54) is 56.4 Å². The van der Waals surface area contributed by atoms with Gasteiger partial charge in [-0.1, -0.05) is 65.4 Å². The molecule has 0 aliphatic heterocycles. The third-order valence-electron chi connectivity index (χ3n) is 4.33. The molecule has 0 aliphatic rings. The van der Waals surface area contributed by atoms with Crippen LogP contribution < -0.4 is 5.84 Å². The van der Waals surface area contributed by atoms with Gasteiger partial charge in [0.1, 0.15) is 0 Å². The number of amides is 1.